The number of hydrogen-bond donors (Lipinski definition) is 3. The predicted octanol–water partition coefficient (Wildman–Crippen LogP) is 1.85. The van der Waals surface area contributed by atoms with Crippen molar-refractivity contribution in [3.8, 4) is 11.8 Å². The summed E-state index contributed by atoms with van der Waals surface area (Å²) >= 11 is 0. The second-order valence-corrected chi connectivity index (χ2v) is 9.39. The number of likely N-dealkylation sites (tertiary alicyclic amines) is 1. The molecule has 1 aliphatic heterocycles. The maximum absolute atomic E-state index is 12.0. The zero-order chi connectivity index (χ0) is 24.1. The molecule has 2 aromatic heterocycles. The molecule has 0 radical (unpaired) electrons. The fourth-order valence-electron chi connectivity index (χ4n) is 5.17. The zero-order valence-corrected chi connectivity index (χ0v) is 19.8. The summed E-state index contributed by atoms with van der Waals surface area (Å²) < 4.78 is 2.93. The lowest BCUT2D eigenvalue weighted by atomic mass is 9.81. The van der Waals surface area contributed by atoms with Crippen LogP contribution in [-0.2, 0) is 22.6 Å². The molecule has 34 heavy (non-hydrogen) atoms. The van der Waals surface area contributed by atoms with E-state index in [1.165, 1.54) is 49.1 Å². The molecule has 0 spiro atoms. The van der Waals surface area contributed by atoms with Gasteiger partial charge in [-0.1, -0.05) is 0 Å². The Bertz CT molecular complexity index is 1000. The summed E-state index contributed by atoms with van der Waals surface area (Å²) in [4.78, 5) is 31.1. The molecule has 3 heterocycles. The van der Waals surface area contributed by atoms with Gasteiger partial charge in [0.05, 0.1) is 6.42 Å². The van der Waals surface area contributed by atoms with Crippen molar-refractivity contribution in [2.24, 2.45) is 5.92 Å². The molecule has 1 amide bonds. The molecule has 2 unspecified atom stereocenters. The van der Waals surface area contributed by atoms with Crippen LogP contribution in [0.15, 0.2) is 30.6 Å². The lowest BCUT2D eigenvalue weighted by molar-refractivity contribution is -0.698. The topological polar surface area (TPSA) is 108 Å². The van der Waals surface area contributed by atoms with Crippen molar-refractivity contribution in [1.82, 2.24) is 14.9 Å². The second kappa shape index (κ2) is 10.9. The van der Waals surface area contributed by atoms with Crippen LogP contribution >= 0.6 is 0 Å². The molecule has 4 rings (SSSR count). The maximum atomic E-state index is 12.0. The number of carbonyl (C=O) groups is 2. The van der Waals surface area contributed by atoms with E-state index in [4.69, 9.17) is 4.84 Å². The molecule has 2 aliphatic rings. The first kappa shape index (κ1) is 24.1. The number of fused-ring (bicyclic) bond motifs is 3. The van der Waals surface area contributed by atoms with Gasteiger partial charge in [0, 0.05) is 49.2 Å². The summed E-state index contributed by atoms with van der Waals surface area (Å²) in [5.74, 6) is -0.727. The van der Waals surface area contributed by atoms with Gasteiger partial charge in [0.1, 0.15) is 6.54 Å². The van der Waals surface area contributed by atoms with Crippen molar-refractivity contribution in [1.29, 1.82) is 0 Å². The van der Waals surface area contributed by atoms with E-state index < -0.39 is 5.97 Å². The van der Waals surface area contributed by atoms with E-state index in [1.807, 2.05) is 0 Å². The van der Waals surface area contributed by atoms with Gasteiger partial charge >= 0.3 is 5.97 Å². The van der Waals surface area contributed by atoms with Gasteiger partial charge < -0.3 is 20.4 Å². The Kier molecular flexibility index (Phi) is 7.72. The Morgan fingerprint density at radius 2 is 1.91 bits per heavy atom. The quantitative estimate of drug-likeness (QED) is 0.361. The third kappa shape index (κ3) is 5.70. The van der Waals surface area contributed by atoms with Gasteiger partial charge in [-0.3, -0.25) is 9.69 Å². The highest BCUT2D eigenvalue weighted by atomic mass is 16.7. The normalized spacial score (nSPS) is 19.4. The summed E-state index contributed by atoms with van der Waals surface area (Å²) in [5.41, 5.74) is 2.99. The van der Waals surface area contributed by atoms with Crippen LogP contribution in [0.3, 0.4) is 0 Å². The first-order chi connectivity index (χ1) is 16.4. The van der Waals surface area contributed by atoms with Crippen LogP contribution in [-0.4, -0.2) is 51.9 Å². The zero-order valence-electron chi connectivity index (χ0n) is 19.8. The van der Waals surface area contributed by atoms with Gasteiger partial charge in [0.15, 0.2) is 12.4 Å². The Morgan fingerprint density at radius 1 is 1.12 bits per heavy atom. The van der Waals surface area contributed by atoms with Crippen LogP contribution in [0.25, 0.3) is 0 Å². The molecule has 1 fully saturated rings. The van der Waals surface area contributed by atoms with Gasteiger partial charge in [0.2, 0.25) is 17.7 Å². The Balaban J connectivity index is 1.11. The number of aromatic hydroxyl groups is 2. The summed E-state index contributed by atoms with van der Waals surface area (Å²) in [5, 5.41) is 21.6. The lowest BCUT2D eigenvalue weighted by Gasteiger charge is -2.30. The number of hydrogen-bond acceptors (Lipinski definition) is 6. The van der Waals surface area contributed by atoms with Crippen molar-refractivity contribution < 1.29 is 29.2 Å². The van der Waals surface area contributed by atoms with Crippen LogP contribution in [0.2, 0.25) is 0 Å². The summed E-state index contributed by atoms with van der Waals surface area (Å²) in [7, 11) is 2.24. The van der Waals surface area contributed by atoms with Crippen molar-refractivity contribution in [3.05, 3.63) is 41.7 Å². The number of pyridine rings is 1. The van der Waals surface area contributed by atoms with Gasteiger partial charge in [-0.15, -0.1) is 4.73 Å². The number of nitrogens with zero attached hydrogens (tertiary/aromatic N) is 3. The third-order valence-corrected chi connectivity index (χ3v) is 6.98. The Morgan fingerprint density at radius 3 is 2.71 bits per heavy atom. The number of rotatable bonds is 10. The number of aromatic nitrogens is 2. The fourth-order valence-corrected chi connectivity index (χ4v) is 5.17. The van der Waals surface area contributed by atoms with Crippen LogP contribution in [0.4, 0.5) is 0 Å². The lowest BCUT2D eigenvalue weighted by Crippen LogP contribution is -2.37. The van der Waals surface area contributed by atoms with E-state index in [-0.39, 0.29) is 30.6 Å². The largest absolute Gasteiger partial charge is 0.492 e. The monoisotopic (exact) mass is 471 g/mol. The Hall–Kier alpha value is -3.07. The minimum Gasteiger partial charge on any atom is -0.492 e. The van der Waals surface area contributed by atoms with E-state index in [0.717, 1.165) is 31.7 Å². The van der Waals surface area contributed by atoms with E-state index in [2.05, 4.69) is 40.3 Å². The summed E-state index contributed by atoms with van der Waals surface area (Å²) in [6, 6.07) is 5.27. The molecule has 0 saturated carbocycles. The van der Waals surface area contributed by atoms with Gasteiger partial charge in [0.25, 0.3) is 0 Å². The fraction of sp³-hybridized carbons (Fsp3) is 0.560. The van der Waals surface area contributed by atoms with Crippen molar-refractivity contribution >= 4 is 11.9 Å². The standard InChI is InChI=1S/C25H34N4O5/c1-27-15-11-19-7-6-18-12-16-28(17-20(18)25(19)27)14-4-2-3-5-21(30)26-13-10-24(33)34-29-22(31)8-9-23(29)32/h8-9,12,16-17,19,25H,2-7,10-11,13-15H2,1H3,(H2-,26,30,31,32)/p+1. The van der Waals surface area contributed by atoms with Crippen LogP contribution < -0.4 is 14.7 Å². The van der Waals surface area contributed by atoms with Crippen molar-refractivity contribution in [3.63, 3.8) is 0 Å². The van der Waals surface area contributed by atoms with Crippen LogP contribution in [0, 0.1) is 5.92 Å². The number of carbonyl (C=O) groups excluding carboxylic acids is 2. The van der Waals surface area contributed by atoms with Gasteiger partial charge in [-0.05, 0) is 57.2 Å². The minimum atomic E-state index is -0.667. The molecule has 3 N–H and O–H groups in total. The van der Waals surface area contributed by atoms with Crippen LogP contribution in [0.1, 0.15) is 62.1 Å². The van der Waals surface area contributed by atoms with E-state index in [9.17, 15) is 19.8 Å². The number of nitrogens with one attached hydrogen (secondary N) is 1. The average molecular weight is 472 g/mol. The predicted molar refractivity (Wildman–Crippen MR) is 124 cm³/mol. The molecule has 1 aliphatic carbocycles. The molecule has 2 atom stereocenters. The van der Waals surface area contributed by atoms with Crippen molar-refractivity contribution in [2.75, 3.05) is 20.1 Å². The highest BCUT2D eigenvalue weighted by Gasteiger charge is 2.38. The number of aryl methyl sites for hydroxylation is 2. The molecular weight excluding hydrogens is 436 g/mol. The molecule has 0 aromatic carbocycles. The number of amides is 1. The first-order valence-electron chi connectivity index (χ1n) is 12.2. The molecule has 9 nitrogen and oxygen atoms in total. The molecular formula is C25H35N4O5+. The molecule has 1 saturated heterocycles. The van der Waals surface area contributed by atoms with Crippen molar-refractivity contribution in [2.45, 2.75) is 64.0 Å². The van der Waals surface area contributed by atoms with Crippen LogP contribution in [0.5, 0.6) is 11.8 Å². The summed E-state index contributed by atoms with van der Waals surface area (Å²) in [6.45, 7) is 2.27. The third-order valence-electron chi connectivity index (χ3n) is 6.98. The summed E-state index contributed by atoms with van der Waals surface area (Å²) in [6.07, 6.45) is 11.4. The highest BCUT2D eigenvalue weighted by molar-refractivity contribution is 5.77. The number of unbranched alkanes of at least 4 members (excludes halogenated alkanes) is 2. The average Bonchev–Trinajstić information content (AvgIpc) is 3.35. The maximum Gasteiger partial charge on any atom is 0.334 e. The Labute approximate surface area is 199 Å². The molecule has 184 valence electrons. The van der Waals surface area contributed by atoms with E-state index in [1.54, 1.807) is 0 Å². The van der Waals surface area contributed by atoms with Gasteiger partial charge in [-0.25, -0.2) is 9.36 Å². The first-order valence-corrected chi connectivity index (χ1v) is 12.2. The highest BCUT2D eigenvalue weighted by Crippen LogP contribution is 2.43. The smallest absolute Gasteiger partial charge is 0.334 e. The van der Waals surface area contributed by atoms with E-state index in [0.29, 0.717) is 17.2 Å². The molecule has 9 heteroatoms. The second-order valence-electron chi connectivity index (χ2n) is 9.39. The van der Waals surface area contributed by atoms with Gasteiger partial charge in [-0.2, -0.15) is 0 Å². The SMILES string of the molecule is CN1CCC2CCc3cc[n+](CCCCCC(=O)NCCC(=O)On4c(O)ccc4O)cc3C21. The van der Waals surface area contributed by atoms with E-state index >= 15 is 0 Å². The molecule has 2 aromatic rings. The minimum absolute atomic E-state index is 0.0607. The molecule has 0 bridgehead atoms.